The molecule has 1 aromatic heterocycles. The average molecular weight is 431 g/mol. The van der Waals surface area contributed by atoms with Gasteiger partial charge in [-0.3, -0.25) is 9.88 Å². The Labute approximate surface area is 189 Å². The number of piperidine rings is 1. The van der Waals surface area contributed by atoms with E-state index in [4.69, 9.17) is 9.47 Å². The number of pyridine rings is 1. The lowest BCUT2D eigenvalue weighted by Crippen LogP contribution is -2.47. The van der Waals surface area contributed by atoms with Crippen LogP contribution in [0.3, 0.4) is 0 Å². The molecule has 2 aromatic carbocycles. The van der Waals surface area contributed by atoms with E-state index in [9.17, 15) is 4.79 Å². The largest absolute Gasteiger partial charge is 0.494 e. The predicted octanol–water partition coefficient (Wildman–Crippen LogP) is 4.66. The molecule has 2 aliphatic heterocycles. The first kappa shape index (κ1) is 21.1. The van der Waals surface area contributed by atoms with E-state index in [1.165, 1.54) is 24.8 Å². The van der Waals surface area contributed by atoms with Crippen molar-refractivity contribution >= 4 is 17.2 Å². The van der Waals surface area contributed by atoms with Gasteiger partial charge in [-0.15, -0.1) is 0 Å². The number of aldehydes is 1. The van der Waals surface area contributed by atoms with E-state index in [0.717, 1.165) is 53.5 Å². The van der Waals surface area contributed by atoms with Crippen molar-refractivity contribution in [1.82, 2.24) is 9.88 Å². The van der Waals surface area contributed by atoms with Gasteiger partial charge in [0.1, 0.15) is 17.9 Å². The molecular weight excluding hydrogens is 400 g/mol. The van der Waals surface area contributed by atoms with Gasteiger partial charge in [0.05, 0.1) is 13.7 Å². The maximum Gasteiger partial charge on any atom is 0.152 e. The van der Waals surface area contributed by atoms with Crippen molar-refractivity contribution in [3.05, 3.63) is 60.3 Å². The van der Waals surface area contributed by atoms with Crippen LogP contribution in [0.4, 0.5) is 0 Å². The van der Waals surface area contributed by atoms with Crippen molar-refractivity contribution in [1.29, 1.82) is 0 Å². The molecule has 0 aliphatic carbocycles. The molecule has 2 fully saturated rings. The van der Waals surface area contributed by atoms with Gasteiger partial charge in [0.15, 0.2) is 5.75 Å². The Bertz CT molecular complexity index is 1080. The third kappa shape index (κ3) is 4.15. The minimum Gasteiger partial charge on any atom is -0.494 e. The Morgan fingerprint density at radius 3 is 2.81 bits per heavy atom. The molecule has 0 saturated carbocycles. The van der Waals surface area contributed by atoms with Crippen LogP contribution in [0, 0.1) is 0 Å². The minimum absolute atomic E-state index is 0.228. The van der Waals surface area contributed by atoms with Gasteiger partial charge in [0, 0.05) is 29.2 Å². The topological polar surface area (TPSA) is 51.7 Å². The third-order valence-electron chi connectivity index (χ3n) is 6.97. The summed E-state index contributed by atoms with van der Waals surface area (Å²) in [4.78, 5) is 18.2. The molecule has 3 unspecified atom stereocenters. The molecule has 2 aliphatic rings. The van der Waals surface area contributed by atoms with Crippen LogP contribution in [0.1, 0.15) is 31.2 Å². The minimum atomic E-state index is -0.228. The molecule has 0 bridgehead atoms. The summed E-state index contributed by atoms with van der Waals surface area (Å²) in [5, 5.41) is 1.08. The number of hydrogen-bond acceptors (Lipinski definition) is 5. The summed E-state index contributed by atoms with van der Waals surface area (Å²) >= 11 is 0. The number of carbonyl (C=O) groups is 1. The second-order valence-corrected chi connectivity index (χ2v) is 8.91. The lowest BCUT2D eigenvalue weighted by atomic mass is 9.92. The number of benzene rings is 2. The molecule has 5 nitrogen and oxygen atoms in total. The SMILES string of the molecule is COc1c(-c2ccc(CC3CCCCN3C3COC(C=O)C3)cc2)ccc2cccnc12. The molecule has 0 amide bonds. The van der Waals surface area contributed by atoms with Crippen molar-refractivity contribution in [2.75, 3.05) is 20.3 Å². The van der Waals surface area contributed by atoms with Gasteiger partial charge in [0.2, 0.25) is 0 Å². The van der Waals surface area contributed by atoms with Crippen molar-refractivity contribution in [3.8, 4) is 16.9 Å². The van der Waals surface area contributed by atoms with E-state index in [1.807, 2.05) is 6.07 Å². The van der Waals surface area contributed by atoms with E-state index in [-0.39, 0.29) is 6.10 Å². The normalized spacial score (nSPS) is 24.0. The predicted molar refractivity (Wildman–Crippen MR) is 126 cm³/mol. The summed E-state index contributed by atoms with van der Waals surface area (Å²) < 4.78 is 11.4. The number of aromatic nitrogens is 1. The monoisotopic (exact) mass is 430 g/mol. The van der Waals surface area contributed by atoms with Gasteiger partial charge >= 0.3 is 0 Å². The Morgan fingerprint density at radius 2 is 2.03 bits per heavy atom. The molecule has 3 aromatic rings. The summed E-state index contributed by atoms with van der Waals surface area (Å²) in [5.41, 5.74) is 4.43. The zero-order valence-corrected chi connectivity index (χ0v) is 18.6. The summed E-state index contributed by atoms with van der Waals surface area (Å²) in [6, 6.07) is 18.0. The van der Waals surface area contributed by atoms with Crippen molar-refractivity contribution in [2.24, 2.45) is 0 Å². The molecule has 0 spiro atoms. The number of likely N-dealkylation sites (tertiary alicyclic amines) is 1. The van der Waals surface area contributed by atoms with Crippen LogP contribution in [-0.2, 0) is 16.0 Å². The third-order valence-corrected chi connectivity index (χ3v) is 6.97. The first-order valence-electron chi connectivity index (χ1n) is 11.6. The second kappa shape index (κ2) is 9.39. The van der Waals surface area contributed by atoms with E-state index in [0.29, 0.717) is 18.7 Å². The van der Waals surface area contributed by atoms with Crippen LogP contribution in [-0.4, -0.2) is 54.6 Å². The summed E-state index contributed by atoms with van der Waals surface area (Å²) in [5.74, 6) is 0.820. The van der Waals surface area contributed by atoms with E-state index >= 15 is 0 Å². The molecule has 3 heterocycles. The lowest BCUT2D eigenvalue weighted by Gasteiger charge is -2.39. The van der Waals surface area contributed by atoms with Crippen molar-refractivity contribution in [3.63, 3.8) is 0 Å². The smallest absolute Gasteiger partial charge is 0.152 e. The zero-order chi connectivity index (χ0) is 21.9. The quantitative estimate of drug-likeness (QED) is 0.532. The molecule has 0 radical (unpaired) electrons. The average Bonchev–Trinajstić information content (AvgIpc) is 3.33. The second-order valence-electron chi connectivity index (χ2n) is 8.91. The number of hydrogen-bond donors (Lipinski definition) is 0. The van der Waals surface area contributed by atoms with E-state index in [2.05, 4.69) is 52.3 Å². The number of nitrogens with zero attached hydrogens (tertiary/aromatic N) is 2. The molecule has 2 saturated heterocycles. The van der Waals surface area contributed by atoms with Crippen LogP contribution in [0.15, 0.2) is 54.7 Å². The standard InChI is InChI=1S/C27H30N2O3/c1-31-27-25(12-11-21-5-4-13-28-26(21)27)20-9-7-19(8-10-20)15-22-6-2-3-14-29(22)23-16-24(17-30)32-18-23/h4-5,7-13,17,22-24H,2-3,6,14-16,18H2,1H3. The molecule has 5 rings (SSSR count). The molecule has 0 N–H and O–H groups in total. The summed E-state index contributed by atoms with van der Waals surface area (Å²) in [6.07, 6.45) is 8.09. The maximum atomic E-state index is 11.1. The van der Waals surface area contributed by atoms with Gasteiger partial charge < -0.3 is 14.3 Å². The van der Waals surface area contributed by atoms with Crippen LogP contribution in [0.2, 0.25) is 0 Å². The van der Waals surface area contributed by atoms with Gasteiger partial charge in [-0.05, 0) is 55.5 Å². The van der Waals surface area contributed by atoms with Crippen LogP contribution in [0.5, 0.6) is 5.75 Å². The highest BCUT2D eigenvalue weighted by atomic mass is 16.5. The Hall–Kier alpha value is -2.76. The molecule has 3 atom stereocenters. The highest BCUT2D eigenvalue weighted by Gasteiger charge is 2.34. The summed E-state index contributed by atoms with van der Waals surface area (Å²) in [7, 11) is 1.71. The number of fused-ring (bicyclic) bond motifs is 1. The Morgan fingerprint density at radius 1 is 1.16 bits per heavy atom. The van der Waals surface area contributed by atoms with E-state index < -0.39 is 0 Å². The fourth-order valence-corrected chi connectivity index (χ4v) is 5.33. The van der Waals surface area contributed by atoms with Crippen molar-refractivity contribution in [2.45, 2.75) is 50.3 Å². The molecular formula is C27H30N2O3. The lowest BCUT2D eigenvalue weighted by molar-refractivity contribution is -0.115. The highest BCUT2D eigenvalue weighted by molar-refractivity contribution is 5.92. The number of carbonyl (C=O) groups excluding carboxylic acids is 1. The van der Waals surface area contributed by atoms with E-state index in [1.54, 1.807) is 13.3 Å². The van der Waals surface area contributed by atoms with Crippen molar-refractivity contribution < 1.29 is 14.3 Å². The van der Waals surface area contributed by atoms with Crippen LogP contribution in [0.25, 0.3) is 22.0 Å². The number of rotatable bonds is 6. The van der Waals surface area contributed by atoms with Gasteiger partial charge in [-0.2, -0.15) is 0 Å². The number of ether oxygens (including phenoxy) is 2. The van der Waals surface area contributed by atoms with Crippen LogP contribution < -0.4 is 4.74 Å². The zero-order valence-electron chi connectivity index (χ0n) is 18.6. The van der Waals surface area contributed by atoms with Crippen LogP contribution >= 0.6 is 0 Å². The first-order chi connectivity index (χ1) is 15.8. The maximum absolute atomic E-state index is 11.1. The fourth-order valence-electron chi connectivity index (χ4n) is 5.33. The van der Waals surface area contributed by atoms with Gasteiger partial charge in [0.25, 0.3) is 0 Å². The first-order valence-corrected chi connectivity index (χ1v) is 11.6. The molecule has 5 heteroatoms. The summed E-state index contributed by atoms with van der Waals surface area (Å²) in [6.45, 7) is 1.78. The fraction of sp³-hybridized carbons (Fsp3) is 0.407. The Balaban J connectivity index is 1.35. The molecule has 166 valence electrons. The Kier molecular flexibility index (Phi) is 6.19. The van der Waals surface area contributed by atoms with Gasteiger partial charge in [-0.25, -0.2) is 0 Å². The number of methoxy groups -OCH3 is 1. The van der Waals surface area contributed by atoms with Gasteiger partial charge in [-0.1, -0.05) is 42.8 Å². The highest BCUT2D eigenvalue weighted by Crippen LogP contribution is 2.36. The molecule has 32 heavy (non-hydrogen) atoms.